The minimum atomic E-state index is -0.0526. The number of benzene rings is 1. The number of rotatable bonds is 3. The van der Waals surface area contributed by atoms with Gasteiger partial charge in [-0.05, 0) is 37.8 Å². The van der Waals surface area contributed by atoms with E-state index < -0.39 is 0 Å². The molecule has 2 rings (SSSR count). The summed E-state index contributed by atoms with van der Waals surface area (Å²) >= 11 is 0. The lowest BCUT2D eigenvalue weighted by Gasteiger charge is -2.28. The first kappa shape index (κ1) is 12.0. The average molecular weight is 233 g/mol. The van der Waals surface area contributed by atoms with Crippen LogP contribution in [0.2, 0.25) is 0 Å². The van der Waals surface area contributed by atoms with Gasteiger partial charge in [0.25, 0.3) is 0 Å². The van der Waals surface area contributed by atoms with Gasteiger partial charge in [0.1, 0.15) is 0 Å². The fourth-order valence-electron chi connectivity index (χ4n) is 2.41. The van der Waals surface area contributed by atoms with Crippen molar-refractivity contribution >= 4 is 11.7 Å². The molecule has 0 aliphatic heterocycles. The molecule has 0 spiro atoms. The number of hydrogen-bond acceptors (Lipinski definition) is 3. The quantitative estimate of drug-likeness (QED) is 0.816. The lowest BCUT2D eigenvalue weighted by atomic mass is 9.86. The number of nitrogens with one attached hydrogen (secondary N) is 1. The van der Waals surface area contributed by atoms with Crippen molar-refractivity contribution < 1.29 is 9.53 Å². The third kappa shape index (κ3) is 3.22. The highest BCUT2D eigenvalue weighted by atomic mass is 16.5. The van der Waals surface area contributed by atoms with E-state index in [1.54, 1.807) is 0 Å². The Morgan fingerprint density at radius 1 is 1.18 bits per heavy atom. The molecule has 0 atom stereocenters. The average Bonchev–Trinajstić information content (AvgIpc) is 2.40. The van der Waals surface area contributed by atoms with Crippen LogP contribution in [0.4, 0.5) is 5.69 Å². The molecule has 0 aromatic heterocycles. The van der Waals surface area contributed by atoms with Crippen LogP contribution in [-0.4, -0.2) is 19.1 Å². The molecule has 0 amide bonds. The van der Waals surface area contributed by atoms with Crippen molar-refractivity contribution in [1.82, 2.24) is 0 Å². The summed E-state index contributed by atoms with van der Waals surface area (Å²) in [4.78, 5) is 11.4. The SMILES string of the molecule is COC(=O)[C@H]1CC[C@@H](Nc2ccccc2)CC1. The first-order valence-electron chi connectivity index (χ1n) is 6.19. The van der Waals surface area contributed by atoms with Gasteiger partial charge in [0, 0.05) is 11.7 Å². The molecule has 0 unspecified atom stereocenters. The number of ether oxygens (including phenoxy) is 1. The number of methoxy groups -OCH3 is 1. The van der Waals surface area contributed by atoms with Crippen molar-refractivity contribution in [2.45, 2.75) is 31.7 Å². The molecule has 0 radical (unpaired) electrons. The highest BCUT2D eigenvalue weighted by molar-refractivity contribution is 5.72. The molecule has 0 bridgehead atoms. The van der Waals surface area contributed by atoms with Crippen LogP contribution in [-0.2, 0) is 9.53 Å². The second kappa shape index (κ2) is 5.71. The van der Waals surface area contributed by atoms with Crippen LogP contribution >= 0.6 is 0 Å². The monoisotopic (exact) mass is 233 g/mol. The summed E-state index contributed by atoms with van der Waals surface area (Å²) in [5, 5.41) is 3.51. The van der Waals surface area contributed by atoms with Gasteiger partial charge in [0.15, 0.2) is 0 Å². The minimum absolute atomic E-state index is 0.0526. The second-order valence-electron chi connectivity index (χ2n) is 4.58. The van der Waals surface area contributed by atoms with E-state index in [1.165, 1.54) is 7.11 Å². The summed E-state index contributed by atoms with van der Waals surface area (Å²) in [6.07, 6.45) is 3.93. The van der Waals surface area contributed by atoms with Gasteiger partial charge < -0.3 is 10.1 Å². The summed E-state index contributed by atoms with van der Waals surface area (Å²) in [6.45, 7) is 0. The van der Waals surface area contributed by atoms with Gasteiger partial charge >= 0.3 is 5.97 Å². The highest BCUT2D eigenvalue weighted by Crippen LogP contribution is 2.27. The van der Waals surface area contributed by atoms with Crippen LogP contribution in [0.5, 0.6) is 0 Å². The summed E-state index contributed by atoms with van der Waals surface area (Å²) in [5.41, 5.74) is 1.16. The maximum atomic E-state index is 11.4. The topological polar surface area (TPSA) is 38.3 Å². The van der Waals surface area contributed by atoms with Crippen molar-refractivity contribution in [3.8, 4) is 0 Å². The molecule has 0 saturated heterocycles. The Bertz CT molecular complexity index is 356. The van der Waals surface area contributed by atoms with Gasteiger partial charge in [0.2, 0.25) is 0 Å². The fourth-order valence-corrected chi connectivity index (χ4v) is 2.41. The Hall–Kier alpha value is -1.51. The molecule has 1 fully saturated rings. The zero-order chi connectivity index (χ0) is 12.1. The Kier molecular flexibility index (Phi) is 4.02. The van der Waals surface area contributed by atoms with Gasteiger partial charge in [-0.25, -0.2) is 0 Å². The van der Waals surface area contributed by atoms with Gasteiger partial charge in [-0.1, -0.05) is 18.2 Å². The van der Waals surface area contributed by atoms with Gasteiger partial charge in [-0.15, -0.1) is 0 Å². The Balaban J connectivity index is 1.82. The molecule has 1 N–H and O–H groups in total. The predicted octanol–water partition coefficient (Wildman–Crippen LogP) is 2.83. The van der Waals surface area contributed by atoms with Crippen LogP contribution in [0.1, 0.15) is 25.7 Å². The third-order valence-corrected chi connectivity index (χ3v) is 3.41. The molecule has 1 aliphatic rings. The van der Waals surface area contributed by atoms with Crippen molar-refractivity contribution in [2.75, 3.05) is 12.4 Å². The molecule has 0 heterocycles. The van der Waals surface area contributed by atoms with Crippen molar-refractivity contribution in [2.24, 2.45) is 5.92 Å². The van der Waals surface area contributed by atoms with E-state index in [1.807, 2.05) is 18.2 Å². The third-order valence-electron chi connectivity index (χ3n) is 3.41. The molecule has 1 aromatic carbocycles. The number of hydrogen-bond donors (Lipinski definition) is 1. The van der Waals surface area contributed by atoms with E-state index in [4.69, 9.17) is 4.74 Å². The number of carbonyl (C=O) groups excluding carboxylic acids is 1. The van der Waals surface area contributed by atoms with E-state index in [9.17, 15) is 4.79 Å². The van der Waals surface area contributed by atoms with Crippen molar-refractivity contribution in [3.63, 3.8) is 0 Å². The molecule has 3 heteroatoms. The lowest BCUT2D eigenvalue weighted by Crippen LogP contribution is -2.29. The Labute approximate surface area is 102 Å². The Morgan fingerprint density at radius 3 is 2.41 bits per heavy atom. The zero-order valence-corrected chi connectivity index (χ0v) is 10.2. The van der Waals surface area contributed by atoms with Crippen molar-refractivity contribution in [3.05, 3.63) is 30.3 Å². The molecule has 1 aromatic rings. The molecular formula is C14H19NO2. The fraction of sp³-hybridized carbons (Fsp3) is 0.500. The number of para-hydroxylation sites is 1. The van der Waals surface area contributed by atoms with E-state index in [0.717, 1.165) is 31.4 Å². The number of esters is 1. The van der Waals surface area contributed by atoms with E-state index >= 15 is 0 Å². The second-order valence-corrected chi connectivity index (χ2v) is 4.58. The summed E-state index contributed by atoms with van der Waals surface area (Å²) in [6, 6.07) is 10.7. The Morgan fingerprint density at radius 2 is 1.82 bits per heavy atom. The van der Waals surface area contributed by atoms with Crippen LogP contribution in [0.25, 0.3) is 0 Å². The van der Waals surface area contributed by atoms with Gasteiger partial charge in [0.05, 0.1) is 13.0 Å². The van der Waals surface area contributed by atoms with Gasteiger partial charge in [-0.3, -0.25) is 4.79 Å². The zero-order valence-electron chi connectivity index (χ0n) is 10.2. The normalized spacial score (nSPS) is 24.1. The van der Waals surface area contributed by atoms with E-state index in [-0.39, 0.29) is 11.9 Å². The largest absolute Gasteiger partial charge is 0.469 e. The molecule has 1 saturated carbocycles. The minimum Gasteiger partial charge on any atom is -0.469 e. The maximum Gasteiger partial charge on any atom is 0.308 e. The predicted molar refractivity (Wildman–Crippen MR) is 67.8 cm³/mol. The number of carbonyl (C=O) groups is 1. The van der Waals surface area contributed by atoms with Crippen LogP contribution < -0.4 is 5.32 Å². The maximum absolute atomic E-state index is 11.4. The number of anilines is 1. The smallest absolute Gasteiger partial charge is 0.308 e. The van der Waals surface area contributed by atoms with Crippen LogP contribution in [0.3, 0.4) is 0 Å². The van der Waals surface area contributed by atoms with E-state index in [0.29, 0.717) is 6.04 Å². The molecule has 1 aliphatic carbocycles. The highest BCUT2D eigenvalue weighted by Gasteiger charge is 2.26. The summed E-state index contributed by atoms with van der Waals surface area (Å²) < 4.78 is 4.78. The summed E-state index contributed by atoms with van der Waals surface area (Å²) in [7, 11) is 1.47. The molecule has 92 valence electrons. The lowest BCUT2D eigenvalue weighted by molar-refractivity contribution is -0.146. The van der Waals surface area contributed by atoms with E-state index in [2.05, 4.69) is 17.4 Å². The van der Waals surface area contributed by atoms with Gasteiger partial charge in [-0.2, -0.15) is 0 Å². The first-order valence-corrected chi connectivity index (χ1v) is 6.19. The summed E-state index contributed by atoms with van der Waals surface area (Å²) in [5.74, 6) is 0.0528. The molecular weight excluding hydrogens is 214 g/mol. The standard InChI is InChI=1S/C14H19NO2/c1-17-14(16)11-7-9-13(10-8-11)15-12-5-3-2-4-6-12/h2-6,11,13,15H,7-10H2,1H3/t11-,13+. The van der Waals surface area contributed by atoms with Crippen molar-refractivity contribution in [1.29, 1.82) is 0 Å². The van der Waals surface area contributed by atoms with Crippen LogP contribution in [0, 0.1) is 5.92 Å². The first-order chi connectivity index (χ1) is 8.29. The molecule has 17 heavy (non-hydrogen) atoms. The van der Waals surface area contributed by atoms with Crippen LogP contribution in [0.15, 0.2) is 30.3 Å². The molecule has 3 nitrogen and oxygen atoms in total.